The first-order valence-electron chi connectivity index (χ1n) is 8.47. The molecule has 1 atom stereocenters. The van der Waals surface area contributed by atoms with E-state index in [1.807, 2.05) is 30.3 Å². The zero-order valence-electron chi connectivity index (χ0n) is 14.3. The molecular formula is C20H18N2O4. The van der Waals surface area contributed by atoms with Crippen molar-refractivity contribution < 1.29 is 19.1 Å². The van der Waals surface area contributed by atoms with E-state index in [9.17, 15) is 14.4 Å². The van der Waals surface area contributed by atoms with Gasteiger partial charge in [0.1, 0.15) is 6.61 Å². The van der Waals surface area contributed by atoms with Crippen LogP contribution >= 0.6 is 0 Å². The number of amides is 2. The van der Waals surface area contributed by atoms with Gasteiger partial charge < -0.3 is 9.64 Å². The van der Waals surface area contributed by atoms with Gasteiger partial charge >= 0.3 is 5.97 Å². The largest absolute Gasteiger partial charge is 0.458 e. The third-order valence-corrected chi connectivity index (χ3v) is 5.08. The Morgan fingerprint density at radius 3 is 2.54 bits per heavy atom. The van der Waals surface area contributed by atoms with Crippen LogP contribution in [-0.2, 0) is 20.9 Å². The van der Waals surface area contributed by atoms with Gasteiger partial charge in [-0.1, -0.05) is 42.5 Å². The highest BCUT2D eigenvalue weighted by Gasteiger charge is 2.60. The number of nitrogens with zero attached hydrogens (tertiary/aromatic N) is 2. The van der Waals surface area contributed by atoms with Crippen LogP contribution < -0.4 is 4.90 Å². The van der Waals surface area contributed by atoms with Crippen molar-refractivity contribution in [2.24, 2.45) is 0 Å². The van der Waals surface area contributed by atoms with Crippen LogP contribution in [0.5, 0.6) is 0 Å². The molecule has 132 valence electrons. The normalized spacial score (nSPS) is 21.4. The van der Waals surface area contributed by atoms with Crippen molar-refractivity contribution in [3.8, 4) is 0 Å². The lowest BCUT2D eigenvalue weighted by Crippen LogP contribution is -2.67. The number of hydrogen-bond acceptors (Lipinski definition) is 4. The van der Waals surface area contributed by atoms with E-state index >= 15 is 0 Å². The fraction of sp³-hybridized carbons (Fsp3) is 0.250. The zero-order chi connectivity index (χ0) is 18.3. The zero-order valence-corrected chi connectivity index (χ0v) is 14.3. The SMILES string of the molecule is CN1C(=O)c2ccccc2N2C(=O)CC[C@@]12C(=O)OCc1ccccc1. The highest BCUT2D eigenvalue weighted by Crippen LogP contribution is 2.44. The van der Waals surface area contributed by atoms with E-state index in [1.165, 1.54) is 9.80 Å². The Balaban J connectivity index is 1.72. The number of esters is 1. The number of para-hydroxylation sites is 1. The second-order valence-corrected chi connectivity index (χ2v) is 6.49. The maximum atomic E-state index is 13.1. The molecule has 2 heterocycles. The number of rotatable bonds is 3. The van der Waals surface area contributed by atoms with Gasteiger partial charge in [-0.25, -0.2) is 4.79 Å². The molecule has 1 fully saturated rings. The molecule has 0 aliphatic carbocycles. The van der Waals surface area contributed by atoms with E-state index in [0.29, 0.717) is 11.3 Å². The van der Waals surface area contributed by atoms with Crippen LogP contribution in [0.1, 0.15) is 28.8 Å². The molecule has 6 nitrogen and oxygen atoms in total. The van der Waals surface area contributed by atoms with Gasteiger partial charge in [0, 0.05) is 19.9 Å². The molecule has 0 N–H and O–H groups in total. The average Bonchev–Trinajstić information content (AvgIpc) is 3.04. The number of anilines is 1. The number of benzene rings is 2. The molecule has 0 spiro atoms. The number of carbonyl (C=O) groups is 3. The van der Waals surface area contributed by atoms with Crippen LogP contribution in [0.4, 0.5) is 5.69 Å². The molecule has 0 saturated carbocycles. The number of fused-ring (bicyclic) bond motifs is 3. The lowest BCUT2D eigenvalue weighted by Gasteiger charge is -2.46. The van der Waals surface area contributed by atoms with Crippen LogP contribution in [0.3, 0.4) is 0 Å². The van der Waals surface area contributed by atoms with Crippen LogP contribution in [-0.4, -0.2) is 35.4 Å². The minimum Gasteiger partial charge on any atom is -0.458 e. The Morgan fingerprint density at radius 1 is 1.08 bits per heavy atom. The molecule has 6 heteroatoms. The first kappa shape index (κ1) is 16.3. The molecule has 26 heavy (non-hydrogen) atoms. The summed E-state index contributed by atoms with van der Waals surface area (Å²) in [5.74, 6) is -1.06. The highest BCUT2D eigenvalue weighted by molar-refractivity contribution is 6.15. The maximum Gasteiger partial charge on any atom is 0.354 e. The maximum absolute atomic E-state index is 13.1. The van der Waals surface area contributed by atoms with Crippen molar-refractivity contribution in [2.75, 3.05) is 11.9 Å². The molecule has 2 aliphatic rings. The van der Waals surface area contributed by atoms with E-state index in [2.05, 4.69) is 0 Å². The van der Waals surface area contributed by atoms with Crippen LogP contribution in [0.15, 0.2) is 54.6 Å². The van der Waals surface area contributed by atoms with Crippen LogP contribution in [0.2, 0.25) is 0 Å². The standard InChI is InChI=1S/C20H18N2O4/c1-21-18(24)15-9-5-6-10-16(15)22-17(23)11-12-20(21,22)19(25)26-13-14-7-3-2-4-8-14/h2-10H,11-13H2,1H3/t20-/m1/s1. The Labute approximate surface area is 151 Å². The summed E-state index contributed by atoms with van der Waals surface area (Å²) in [4.78, 5) is 41.3. The number of carbonyl (C=O) groups excluding carboxylic acids is 3. The molecule has 2 aromatic carbocycles. The minimum absolute atomic E-state index is 0.0904. The van der Waals surface area contributed by atoms with E-state index in [1.54, 1.807) is 31.3 Å². The van der Waals surface area contributed by atoms with Crippen molar-refractivity contribution >= 4 is 23.5 Å². The first-order chi connectivity index (χ1) is 12.6. The Hall–Kier alpha value is -3.15. The summed E-state index contributed by atoms with van der Waals surface area (Å²) in [6, 6.07) is 16.2. The highest BCUT2D eigenvalue weighted by atomic mass is 16.5. The molecule has 0 bridgehead atoms. The van der Waals surface area contributed by atoms with Gasteiger partial charge in [0.05, 0.1) is 11.3 Å². The first-order valence-corrected chi connectivity index (χ1v) is 8.47. The number of hydrogen-bond donors (Lipinski definition) is 0. The van der Waals surface area contributed by atoms with Crippen LogP contribution in [0, 0.1) is 0 Å². The third kappa shape index (κ3) is 2.22. The average molecular weight is 350 g/mol. The summed E-state index contributed by atoms with van der Waals surface area (Å²) >= 11 is 0. The molecule has 2 amide bonds. The summed E-state index contributed by atoms with van der Waals surface area (Å²) < 4.78 is 5.53. The van der Waals surface area contributed by atoms with Gasteiger partial charge in [-0.2, -0.15) is 0 Å². The molecule has 1 saturated heterocycles. The summed E-state index contributed by atoms with van der Waals surface area (Å²) in [7, 11) is 1.55. The van der Waals surface area contributed by atoms with E-state index in [4.69, 9.17) is 4.74 Å². The lowest BCUT2D eigenvalue weighted by atomic mass is 9.97. The molecule has 0 radical (unpaired) electrons. The van der Waals surface area contributed by atoms with Crippen molar-refractivity contribution in [1.29, 1.82) is 0 Å². The predicted octanol–water partition coefficient (Wildman–Crippen LogP) is 2.34. The molecule has 2 aliphatic heterocycles. The molecular weight excluding hydrogens is 332 g/mol. The molecule has 2 aromatic rings. The fourth-order valence-corrected chi connectivity index (χ4v) is 3.73. The van der Waals surface area contributed by atoms with Gasteiger partial charge in [-0.15, -0.1) is 0 Å². The summed E-state index contributed by atoms with van der Waals surface area (Å²) in [6.45, 7) is 0.0904. The number of ether oxygens (including phenoxy) is 1. The van der Waals surface area contributed by atoms with Gasteiger partial charge in [0.2, 0.25) is 11.6 Å². The summed E-state index contributed by atoms with van der Waals surface area (Å²) in [5, 5.41) is 0. The number of likely N-dealkylation sites (N-methyl/N-ethyl adjacent to an activating group) is 1. The van der Waals surface area contributed by atoms with Crippen LogP contribution in [0.25, 0.3) is 0 Å². The van der Waals surface area contributed by atoms with E-state index in [-0.39, 0.29) is 31.3 Å². The van der Waals surface area contributed by atoms with Crippen molar-refractivity contribution in [1.82, 2.24) is 4.90 Å². The second-order valence-electron chi connectivity index (χ2n) is 6.49. The molecule has 0 unspecified atom stereocenters. The topological polar surface area (TPSA) is 66.9 Å². The van der Waals surface area contributed by atoms with Gasteiger partial charge in [-0.05, 0) is 17.7 Å². The van der Waals surface area contributed by atoms with Crippen molar-refractivity contribution in [3.63, 3.8) is 0 Å². The lowest BCUT2D eigenvalue weighted by molar-refractivity contribution is -0.157. The fourth-order valence-electron chi connectivity index (χ4n) is 3.73. The Bertz CT molecular complexity index is 896. The van der Waals surface area contributed by atoms with Crippen molar-refractivity contribution in [2.45, 2.75) is 25.1 Å². The quantitative estimate of drug-likeness (QED) is 0.797. The second kappa shape index (κ2) is 5.98. The van der Waals surface area contributed by atoms with Gasteiger partial charge in [0.25, 0.3) is 5.91 Å². The van der Waals surface area contributed by atoms with E-state index in [0.717, 1.165) is 5.56 Å². The smallest absolute Gasteiger partial charge is 0.354 e. The minimum atomic E-state index is -1.42. The third-order valence-electron chi connectivity index (χ3n) is 5.08. The van der Waals surface area contributed by atoms with Gasteiger partial charge in [-0.3, -0.25) is 14.5 Å². The summed E-state index contributed by atoms with van der Waals surface area (Å²) in [5.41, 5.74) is 0.307. The van der Waals surface area contributed by atoms with Gasteiger partial charge in [0.15, 0.2) is 0 Å². The summed E-state index contributed by atoms with van der Waals surface area (Å²) in [6.07, 6.45) is 0.405. The molecule has 4 rings (SSSR count). The Kier molecular flexibility index (Phi) is 3.76. The predicted molar refractivity (Wildman–Crippen MR) is 94.2 cm³/mol. The Morgan fingerprint density at radius 2 is 1.77 bits per heavy atom. The van der Waals surface area contributed by atoms with E-state index < -0.39 is 11.6 Å². The molecule has 0 aromatic heterocycles. The monoisotopic (exact) mass is 350 g/mol. The van der Waals surface area contributed by atoms with Crippen molar-refractivity contribution in [3.05, 3.63) is 65.7 Å².